The van der Waals surface area contributed by atoms with Crippen LogP contribution in [0.4, 0.5) is 0 Å². The van der Waals surface area contributed by atoms with Gasteiger partial charge in [0.1, 0.15) is 36.0 Å². The minimum atomic E-state index is -1.52. The van der Waals surface area contributed by atoms with Crippen molar-refractivity contribution in [3.63, 3.8) is 0 Å². The summed E-state index contributed by atoms with van der Waals surface area (Å²) < 4.78 is 0. The van der Waals surface area contributed by atoms with Crippen molar-refractivity contribution in [2.75, 3.05) is 32.8 Å². The molecule has 2 heterocycles. The highest BCUT2D eigenvalue weighted by molar-refractivity contribution is 5.97. The second kappa shape index (κ2) is 25.4. The first-order chi connectivity index (χ1) is 31.9. The van der Waals surface area contributed by atoms with Crippen molar-refractivity contribution in [3.05, 3.63) is 65.9 Å². The number of carbonyl (C=O) groups is 8. The lowest BCUT2D eigenvalue weighted by Gasteiger charge is -2.30. The van der Waals surface area contributed by atoms with Crippen LogP contribution in [0.1, 0.15) is 57.1 Å². The first-order valence-electron chi connectivity index (χ1n) is 22.0. The number of hydrogen-bond acceptors (Lipinski definition) is 12. The molecule has 67 heavy (non-hydrogen) atoms. The van der Waals surface area contributed by atoms with Crippen LogP contribution in [-0.2, 0) is 51.2 Å². The molecule has 1 fully saturated rings. The maximum atomic E-state index is 14.0. The van der Waals surface area contributed by atoms with Gasteiger partial charge in [-0.15, -0.1) is 0 Å². The fraction of sp³-hybridized carbons (Fsp3) is 0.477. The average molecular weight is 934 g/mol. The number of phenols is 1. The first-order valence-corrected chi connectivity index (χ1v) is 22.0. The molecule has 23 heteroatoms. The number of nitrogens with one attached hydrogen (secondary N) is 7. The number of primary amides is 1. The monoisotopic (exact) mass is 933 g/mol. The van der Waals surface area contributed by atoms with Crippen molar-refractivity contribution >= 4 is 64.1 Å². The van der Waals surface area contributed by atoms with Gasteiger partial charge in [0, 0.05) is 36.6 Å². The Morgan fingerprint density at radius 2 is 1.48 bits per heavy atom. The average Bonchev–Trinajstić information content (AvgIpc) is 3.95. The van der Waals surface area contributed by atoms with Crippen molar-refractivity contribution in [3.8, 4) is 5.75 Å². The number of likely N-dealkylation sites (tertiary alicyclic amines) is 1. The highest BCUT2D eigenvalue weighted by Crippen LogP contribution is 2.21. The molecule has 23 nitrogen and oxygen atoms in total. The fourth-order valence-corrected chi connectivity index (χ4v) is 7.52. The molecule has 0 bridgehead atoms. The van der Waals surface area contributed by atoms with Gasteiger partial charge < -0.3 is 74.9 Å². The zero-order valence-electron chi connectivity index (χ0n) is 37.6. The number of rotatable bonds is 25. The molecule has 3 aromatic rings. The normalized spacial score (nSPS) is 15.6. The Bertz CT molecular complexity index is 2250. The van der Waals surface area contributed by atoms with Gasteiger partial charge in [-0.3, -0.25) is 43.3 Å². The van der Waals surface area contributed by atoms with Crippen molar-refractivity contribution in [1.82, 2.24) is 41.8 Å². The molecule has 8 amide bonds. The molecule has 1 aromatic heterocycles. The van der Waals surface area contributed by atoms with E-state index >= 15 is 0 Å². The third kappa shape index (κ3) is 16.3. The van der Waals surface area contributed by atoms with Gasteiger partial charge >= 0.3 is 0 Å². The summed E-state index contributed by atoms with van der Waals surface area (Å²) in [5, 5.41) is 36.0. The Labute approximate surface area is 387 Å². The van der Waals surface area contributed by atoms with E-state index in [2.05, 4.69) is 41.9 Å². The number of para-hydroxylation sites is 1. The zero-order valence-corrected chi connectivity index (χ0v) is 37.6. The number of aromatic amines is 1. The molecule has 1 aliphatic rings. The predicted octanol–water partition coefficient (Wildman–Crippen LogP) is -3.27. The summed E-state index contributed by atoms with van der Waals surface area (Å²) in [4.78, 5) is 114. The topological polar surface area (TPSA) is 385 Å². The zero-order chi connectivity index (χ0) is 49.2. The molecule has 2 aromatic carbocycles. The lowest BCUT2D eigenvalue weighted by Crippen LogP contribution is -2.58. The first kappa shape index (κ1) is 52.4. The van der Waals surface area contributed by atoms with Crippen LogP contribution >= 0.6 is 0 Å². The van der Waals surface area contributed by atoms with E-state index in [9.17, 15) is 48.6 Å². The van der Waals surface area contributed by atoms with Gasteiger partial charge in [0.05, 0.1) is 25.7 Å². The molecule has 0 unspecified atom stereocenters. The number of aliphatic hydroxyl groups is 1. The molecule has 0 radical (unpaired) electrons. The summed E-state index contributed by atoms with van der Waals surface area (Å²) in [6.45, 7) is 2.00. The van der Waals surface area contributed by atoms with E-state index < -0.39 is 103 Å². The number of H-pyrrole nitrogens is 1. The Kier molecular flexibility index (Phi) is 19.9. The summed E-state index contributed by atoms with van der Waals surface area (Å²) in [6.07, 6.45) is 2.90. The molecule has 364 valence electrons. The molecule has 0 spiro atoms. The number of carbonyl (C=O) groups excluding carboxylic acids is 8. The number of amides is 8. The van der Waals surface area contributed by atoms with Gasteiger partial charge in [0.25, 0.3) is 0 Å². The van der Waals surface area contributed by atoms with E-state index in [0.29, 0.717) is 18.4 Å². The number of aromatic nitrogens is 1. The largest absolute Gasteiger partial charge is 0.508 e. The maximum absolute atomic E-state index is 14.0. The molecule has 0 saturated carbocycles. The molecule has 6 atom stereocenters. The van der Waals surface area contributed by atoms with Gasteiger partial charge in [-0.1, -0.05) is 44.2 Å². The lowest BCUT2D eigenvalue weighted by molar-refractivity contribution is -0.142. The van der Waals surface area contributed by atoms with Crippen LogP contribution < -0.4 is 54.8 Å². The molecule has 0 aliphatic carbocycles. The standard InChI is InChI=1S/C44H63N13O10/c1-24(2)17-32(40(64)54-31(9-5-15-49-44(47)48)43(67)57-16-6-10-35(57)42(66)51-21-36(46)60)53-37(61)22-52-39(63)33(18-25-11-13-27(59)14-12-25)55-41(65)34(23-58)56-38(62)29(45)19-26-20-50-30-8-4-3-7-28(26)30/h3-4,7-8,11-14,20,24,29,31-35,50,58-59H,5-6,9-10,15-19,21-23,45H2,1-2H3,(H2,46,60)(H,51,66)(H,52,63)(H,53,61)(H,54,64)(H,55,65)(H,56,62)(H4,47,48,49)/t29-,31-,32-,33-,34-,35-/m0/s1. The number of aliphatic hydroxyl groups excluding tert-OH is 1. The maximum Gasteiger partial charge on any atom is 0.245 e. The molecule has 17 N–H and O–H groups in total. The Morgan fingerprint density at radius 3 is 2.15 bits per heavy atom. The number of fused-ring (bicyclic) bond motifs is 1. The minimum Gasteiger partial charge on any atom is -0.508 e. The summed E-state index contributed by atoms with van der Waals surface area (Å²) >= 11 is 0. The van der Waals surface area contributed by atoms with E-state index in [4.69, 9.17) is 22.9 Å². The molecule has 1 saturated heterocycles. The predicted molar refractivity (Wildman–Crippen MR) is 246 cm³/mol. The SMILES string of the molecule is CC(C)C[C@H](NC(=O)CNC(=O)[C@H](Cc1ccc(O)cc1)NC(=O)[C@H](CO)NC(=O)[C@@H](N)Cc1c[nH]c2ccccc12)C(=O)N[C@@H](CCCN=C(N)N)C(=O)N1CCC[C@H]1C(=O)NCC(N)=O. The quantitative estimate of drug-likeness (QED) is 0.0226. The molecular formula is C44H63N13O10. The van der Waals surface area contributed by atoms with Crippen LogP contribution in [0.3, 0.4) is 0 Å². The van der Waals surface area contributed by atoms with Crippen molar-refractivity contribution in [1.29, 1.82) is 0 Å². The number of nitrogens with zero attached hydrogens (tertiary/aromatic N) is 2. The van der Waals surface area contributed by atoms with Crippen LogP contribution in [0, 0.1) is 5.92 Å². The summed E-state index contributed by atoms with van der Waals surface area (Å²) in [6, 6.07) is 5.92. The number of aliphatic imine (C=N–C) groups is 1. The summed E-state index contributed by atoms with van der Waals surface area (Å²) in [5.41, 5.74) is 24.4. The number of hydrogen-bond donors (Lipinski definition) is 13. The fourth-order valence-electron chi connectivity index (χ4n) is 7.52. The molecule has 1 aliphatic heterocycles. The second-order valence-corrected chi connectivity index (χ2v) is 16.7. The van der Waals surface area contributed by atoms with Crippen LogP contribution in [-0.4, -0.2) is 142 Å². The van der Waals surface area contributed by atoms with Gasteiger partial charge in [0.15, 0.2) is 5.96 Å². The Hall–Kier alpha value is -7.27. The number of phenolic OH excluding ortho intramolecular Hbond substituents is 1. The van der Waals surface area contributed by atoms with Crippen molar-refractivity contribution < 1.29 is 48.6 Å². The van der Waals surface area contributed by atoms with E-state index in [1.54, 1.807) is 6.20 Å². The summed E-state index contributed by atoms with van der Waals surface area (Å²) in [5.74, 6) is -6.31. The second-order valence-electron chi connectivity index (χ2n) is 16.7. The van der Waals surface area contributed by atoms with Gasteiger partial charge in [0.2, 0.25) is 47.3 Å². The van der Waals surface area contributed by atoms with Gasteiger partial charge in [-0.25, -0.2) is 0 Å². The Balaban J connectivity index is 1.43. The van der Waals surface area contributed by atoms with E-state index in [1.807, 2.05) is 38.1 Å². The smallest absolute Gasteiger partial charge is 0.245 e. The van der Waals surface area contributed by atoms with Crippen LogP contribution in [0.25, 0.3) is 10.9 Å². The van der Waals surface area contributed by atoms with E-state index in [0.717, 1.165) is 16.5 Å². The highest BCUT2D eigenvalue weighted by Gasteiger charge is 2.38. The molecular weight excluding hydrogens is 871 g/mol. The number of guanidine groups is 1. The lowest BCUT2D eigenvalue weighted by atomic mass is 10.0. The van der Waals surface area contributed by atoms with Crippen LogP contribution in [0.15, 0.2) is 59.7 Å². The van der Waals surface area contributed by atoms with Crippen molar-refractivity contribution in [2.45, 2.75) is 95.0 Å². The van der Waals surface area contributed by atoms with Crippen LogP contribution in [0.2, 0.25) is 0 Å². The third-order valence-corrected chi connectivity index (χ3v) is 10.9. The number of aromatic hydroxyl groups is 1. The number of benzene rings is 2. The molecule has 4 rings (SSSR count). The number of nitrogens with two attached hydrogens (primary N) is 4. The minimum absolute atomic E-state index is 0.0520. The van der Waals surface area contributed by atoms with E-state index in [1.165, 1.54) is 29.2 Å². The third-order valence-electron chi connectivity index (χ3n) is 10.9. The van der Waals surface area contributed by atoms with E-state index in [-0.39, 0.29) is 62.8 Å². The summed E-state index contributed by atoms with van der Waals surface area (Å²) in [7, 11) is 0. The van der Waals surface area contributed by atoms with Gasteiger partial charge in [-0.2, -0.15) is 0 Å². The van der Waals surface area contributed by atoms with Gasteiger partial charge in [-0.05, 0) is 73.8 Å². The van der Waals surface area contributed by atoms with Crippen LogP contribution in [0.5, 0.6) is 5.75 Å². The highest BCUT2D eigenvalue weighted by atomic mass is 16.3. The van der Waals surface area contributed by atoms with Crippen molar-refractivity contribution in [2.24, 2.45) is 33.8 Å². The Morgan fingerprint density at radius 1 is 0.806 bits per heavy atom.